The van der Waals surface area contributed by atoms with Crippen molar-refractivity contribution in [2.45, 2.75) is 64.7 Å². The zero-order chi connectivity index (χ0) is 14.2. The molecular weight excluding hydrogens is 248 g/mol. The third-order valence-corrected chi connectivity index (χ3v) is 6.04. The Hall–Kier alpha value is -1.04. The molecule has 3 rings (SSSR count). The van der Waals surface area contributed by atoms with E-state index in [1.165, 1.54) is 32.1 Å². The first-order valence-corrected chi connectivity index (χ1v) is 8.30. The van der Waals surface area contributed by atoms with Crippen molar-refractivity contribution in [3.63, 3.8) is 0 Å². The lowest BCUT2D eigenvalue weighted by molar-refractivity contribution is -0.148. The third-order valence-electron chi connectivity index (χ3n) is 6.04. The average molecular weight is 274 g/mol. The van der Waals surface area contributed by atoms with Gasteiger partial charge in [0, 0.05) is 13.1 Å². The van der Waals surface area contributed by atoms with Crippen molar-refractivity contribution < 1.29 is 4.79 Å². The summed E-state index contributed by atoms with van der Waals surface area (Å²) in [5.41, 5.74) is -0.141. The van der Waals surface area contributed by atoms with Gasteiger partial charge in [-0.2, -0.15) is 5.26 Å². The Morgan fingerprint density at radius 2 is 1.70 bits per heavy atom. The van der Waals surface area contributed by atoms with Gasteiger partial charge in [-0.25, -0.2) is 0 Å². The van der Waals surface area contributed by atoms with Crippen molar-refractivity contribution in [3.05, 3.63) is 0 Å². The summed E-state index contributed by atoms with van der Waals surface area (Å²) in [7, 11) is 0. The number of likely N-dealkylation sites (tertiary alicyclic amines) is 1. The largest absolute Gasteiger partial charge is 0.341 e. The number of piperidine rings is 1. The lowest BCUT2D eigenvalue weighted by Gasteiger charge is -2.48. The molecule has 0 radical (unpaired) electrons. The van der Waals surface area contributed by atoms with E-state index in [0.717, 1.165) is 38.8 Å². The van der Waals surface area contributed by atoms with E-state index in [1.807, 2.05) is 4.90 Å². The van der Waals surface area contributed by atoms with E-state index < -0.39 is 5.41 Å². The van der Waals surface area contributed by atoms with Gasteiger partial charge in [-0.15, -0.1) is 0 Å². The van der Waals surface area contributed by atoms with Crippen LogP contribution in [0.3, 0.4) is 0 Å². The molecule has 0 atom stereocenters. The number of hydrogen-bond acceptors (Lipinski definition) is 2. The quantitative estimate of drug-likeness (QED) is 0.734. The molecule has 20 heavy (non-hydrogen) atoms. The van der Waals surface area contributed by atoms with E-state index in [4.69, 9.17) is 0 Å². The maximum absolute atomic E-state index is 12.7. The first-order valence-electron chi connectivity index (χ1n) is 8.30. The van der Waals surface area contributed by atoms with E-state index in [9.17, 15) is 10.1 Å². The van der Waals surface area contributed by atoms with Crippen LogP contribution >= 0.6 is 0 Å². The highest BCUT2D eigenvalue weighted by molar-refractivity contribution is 5.86. The van der Waals surface area contributed by atoms with Gasteiger partial charge in [-0.3, -0.25) is 4.79 Å². The van der Waals surface area contributed by atoms with Gasteiger partial charge in [-0.05, 0) is 49.9 Å². The van der Waals surface area contributed by atoms with E-state index in [0.29, 0.717) is 11.3 Å². The van der Waals surface area contributed by atoms with E-state index in [-0.39, 0.29) is 5.91 Å². The van der Waals surface area contributed by atoms with Gasteiger partial charge >= 0.3 is 0 Å². The molecule has 1 heterocycles. The standard InChI is InChI=1S/C17H26N2O/c1-14-11-17(12-14,13-18)15(20)19-9-7-16(8-10-19)5-3-2-4-6-16/h14H,2-12H2,1H3. The fraction of sp³-hybridized carbons (Fsp3) is 0.882. The van der Waals surface area contributed by atoms with Gasteiger partial charge in [0.25, 0.3) is 0 Å². The predicted octanol–water partition coefficient (Wildman–Crippen LogP) is 3.50. The maximum Gasteiger partial charge on any atom is 0.243 e. The Morgan fingerprint density at radius 3 is 2.20 bits per heavy atom. The van der Waals surface area contributed by atoms with Crippen LogP contribution in [-0.4, -0.2) is 23.9 Å². The minimum atomic E-state index is -0.670. The molecule has 0 aromatic heterocycles. The second-order valence-electron chi connectivity index (χ2n) is 7.56. The third kappa shape index (κ3) is 2.24. The van der Waals surface area contributed by atoms with E-state index in [1.54, 1.807) is 0 Å². The first kappa shape index (κ1) is 13.9. The van der Waals surface area contributed by atoms with Crippen LogP contribution in [-0.2, 0) is 4.79 Å². The predicted molar refractivity (Wildman–Crippen MR) is 77.8 cm³/mol. The summed E-state index contributed by atoms with van der Waals surface area (Å²) in [6.07, 6.45) is 10.7. The molecule has 1 amide bonds. The van der Waals surface area contributed by atoms with Crippen LogP contribution in [0, 0.1) is 28.1 Å². The lowest BCUT2D eigenvalue weighted by Crippen LogP contribution is -2.53. The Bertz CT molecular complexity index is 415. The van der Waals surface area contributed by atoms with Gasteiger partial charge < -0.3 is 4.90 Å². The highest BCUT2D eigenvalue weighted by Gasteiger charge is 2.51. The molecule has 2 aliphatic carbocycles. The Labute approximate surface area is 122 Å². The summed E-state index contributed by atoms with van der Waals surface area (Å²) in [6.45, 7) is 3.91. The fourth-order valence-corrected chi connectivity index (χ4v) is 4.73. The molecule has 3 nitrogen and oxygen atoms in total. The van der Waals surface area contributed by atoms with Crippen molar-refractivity contribution in [3.8, 4) is 6.07 Å². The zero-order valence-corrected chi connectivity index (χ0v) is 12.7. The Morgan fingerprint density at radius 1 is 1.10 bits per heavy atom. The summed E-state index contributed by atoms with van der Waals surface area (Å²) in [5, 5.41) is 9.40. The number of nitrogens with zero attached hydrogens (tertiary/aromatic N) is 2. The number of hydrogen-bond donors (Lipinski definition) is 0. The lowest BCUT2D eigenvalue weighted by atomic mass is 9.62. The monoisotopic (exact) mass is 274 g/mol. The molecule has 1 aliphatic heterocycles. The summed E-state index contributed by atoms with van der Waals surface area (Å²) in [4.78, 5) is 14.6. The molecule has 0 bridgehead atoms. The zero-order valence-electron chi connectivity index (χ0n) is 12.7. The van der Waals surface area contributed by atoms with Crippen molar-refractivity contribution in [2.75, 3.05) is 13.1 Å². The summed E-state index contributed by atoms with van der Waals surface area (Å²) in [5.74, 6) is 0.664. The minimum absolute atomic E-state index is 0.128. The van der Waals surface area contributed by atoms with Gasteiger partial charge in [0.05, 0.1) is 6.07 Å². The molecule has 1 saturated heterocycles. The second kappa shape index (κ2) is 5.06. The molecule has 3 aliphatic rings. The molecule has 0 N–H and O–H groups in total. The number of nitriles is 1. The van der Waals surface area contributed by atoms with Gasteiger partial charge in [0.1, 0.15) is 5.41 Å². The van der Waals surface area contributed by atoms with Crippen LogP contribution in [0.25, 0.3) is 0 Å². The number of carbonyl (C=O) groups excluding carboxylic acids is 1. The fourth-order valence-electron chi connectivity index (χ4n) is 4.73. The van der Waals surface area contributed by atoms with E-state index in [2.05, 4.69) is 13.0 Å². The molecule has 1 spiro atoms. The van der Waals surface area contributed by atoms with Gasteiger partial charge in [0.15, 0.2) is 0 Å². The van der Waals surface area contributed by atoms with Crippen LogP contribution in [0.1, 0.15) is 64.7 Å². The van der Waals surface area contributed by atoms with Crippen LogP contribution in [0.2, 0.25) is 0 Å². The SMILES string of the molecule is CC1CC(C#N)(C(=O)N2CCC3(CCCCC3)CC2)C1. The molecule has 110 valence electrons. The maximum atomic E-state index is 12.7. The Balaban J connectivity index is 1.61. The highest BCUT2D eigenvalue weighted by Crippen LogP contribution is 2.49. The molecule has 0 aromatic carbocycles. The summed E-state index contributed by atoms with van der Waals surface area (Å²) >= 11 is 0. The Kier molecular flexibility index (Phi) is 3.52. The number of rotatable bonds is 1. The number of amides is 1. The molecule has 3 fully saturated rings. The topological polar surface area (TPSA) is 44.1 Å². The summed E-state index contributed by atoms with van der Waals surface area (Å²) in [6, 6.07) is 2.32. The summed E-state index contributed by atoms with van der Waals surface area (Å²) < 4.78 is 0. The smallest absolute Gasteiger partial charge is 0.243 e. The first-order chi connectivity index (χ1) is 9.59. The van der Waals surface area contributed by atoms with Crippen molar-refractivity contribution in [1.29, 1.82) is 5.26 Å². The molecule has 0 aromatic rings. The molecule has 0 unspecified atom stereocenters. The van der Waals surface area contributed by atoms with Crippen molar-refractivity contribution in [1.82, 2.24) is 4.90 Å². The van der Waals surface area contributed by atoms with E-state index >= 15 is 0 Å². The average Bonchev–Trinajstić information content (AvgIpc) is 2.45. The van der Waals surface area contributed by atoms with Crippen LogP contribution in [0.5, 0.6) is 0 Å². The van der Waals surface area contributed by atoms with Crippen LogP contribution < -0.4 is 0 Å². The number of carbonyl (C=O) groups is 1. The van der Waals surface area contributed by atoms with Crippen molar-refractivity contribution >= 4 is 5.91 Å². The van der Waals surface area contributed by atoms with Crippen LogP contribution in [0.15, 0.2) is 0 Å². The second-order valence-corrected chi connectivity index (χ2v) is 7.56. The molecule has 3 heteroatoms. The molecule has 2 saturated carbocycles. The minimum Gasteiger partial charge on any atom is -0.341 e. The highest BCUT2D eigenvalue weighted by atomic mass is 16.2. The van der Waals surface area contributed by atoms with Crippen LogP contribution in [0.4, 0.5) is 0 Å². The van der Waals surface area contributed by atoms with Crippen molar-refractivity contribution in [2.24, 2.45) is 16.7 Å². The molecular formula is C17H26N2O. The van der Waals surface area contributed by atoms with Gasteiger partial charge in [0.2, 0.25) is 5.91 Å². The normalized spacial score (nSPS) is 36.2. The van der Waals surface area contributed by atoms with Gasteiger partial charge in [-0.1, -0.05) is 26.2 Å².